The third kappa shape index (κ3) is 5.70. The highest BCUT2D eigenvalue weighted by molar-refractivity contribution is 5.16. The second kappa shape index (κ2) is 7.61. The largest absolute Gasteiger partial charge is 0.385 e. The molecule has 2 rings (SSSR count). The van der Waals surface area contributed by atoms with Gasteiger partial charge in [0, 0.05) is 19.8 Å². The zero-order chi connectivity index (χ0) is 13.5. The summed E-state index contributed by atoms with van der Waals surface area (Å²) in [5, 5.41) is 3.60. The van der Waals surface area contributed by atoms with Crippen LogP contribution in [-0.4, -0.2) is 26.3 Å². The van der Waals surface area contributed by atoms with E-state index in [1.54, 1.807) is 19.2 Å². The molecule has 1 unspecified atom stereocenters. The Labute approximate surface area is 115 Å². The topological polar surface area (TPSA) is 21.3 Å². The lowest BCUT2D eigenvalue weighted by Gasteiger charge is -2.17. The first-order valence-corrected chi connectivity index (χ1v) is 7.24. The number of nitrogens with one attached hydrogen (secondary N) is 1. The molecular weight excluding hydrogens is 241 g/mol. The Morgan fingerprint density at radius 3 is 2.68 bits per heavy atom. The number of methoxy groups -OCH3 is 1. The summed E-state index contributed by atoms with van der Waals surface area (Å²) in [4.78, 5) is 0. The van der Waals surface area contributed by atoms with Gasteiger partial charge in [0.05, 0.1) is 0 Å². The average Bonchev–Trinajstić information content (AvgIpc) is 3.23. The van der Waals surface area contributed by atoms with E-state index >= 15 is 0 Å². The molecule has 1 atom stereocenters. The zero-order valence-corrected chi connectivity index (χ0v) is 11.7. The number of benzene rings is 1. The van der Waals surface area contributed by atoms with Crippen molar-refractivity contribution in [1.29, 1.82) is 0 Å². The molecule has 106 valence electrons. The Morgan fingerprint density at radius 2 is 2.05 bits per heavy atom. The fraction of sp³-hybridized carbons (Fsp3) is 0.625. The van der Waals surface area contributed by atoms with Crippen LogP contribution >= 0.6 is 0 Å². The molecule has 1 saturated carbocycles. The molecule has 0 radical (unpaired) electrons. The van der Waals surface area contributed by atoms with E-state index in [0.29, 0.717) is 5.92 Å². The minimum atomic E-state index is -0.157. The normalized spacial score (nSPS) is 16.5. The van der Waals surface area contributed by atoms with Crippen molar-refractivity contribution in [2.75, 3.05) is 20.3 Å². The van der Waals surface area contributed by atoms with E-state index in [2.05, 4.69) is 5.32 Å². The van der Waals surface area contributed by atoms with Crippen LogP contribution in [0.2, 0.25) is 0 Å². The van der Waals surface area contributed by atoms with Crippen LogP contribution < -0.4 is 5.32 Å². The highest BCUT2D eigenvalue weighted by atomic mass is 19.1. The van der Waals surface area contributed by atoms with Crippen molar-refractivity contribution in [2.45, 2.75) is 38.1 Å². The van der Waals surface area contributed by atoms with Crippen LogP contribution in [0.5, 0.6) is 0 Å². The number of rotatable bonds is 9. The number of halogens is 1. The first-order chi connectivity index (χ1) is 9.28. The molecule has 0 aromatic heterocycles. The van der Waals surface area contributed by atoms with Crippen LogP contribution in [0, 0.1) is 11.7 Å². The molecule has 2 nitrogen and oxygen atoms in total. The minimum Gasteiger partial charge on any atom is -0.385 e. The van der Waals surface area contributed by atoms with Gasteiger partial charge in [0.1, 0.15) is 5.82 Å². The third-order valence-electron chi connectivity index (χ3n) is 3.67. The van der Waals surface area contributed by atoms with E-state index < -0.39 is 0 Å². The smallest absolute Gasteiger partial charge is 0.123 e. The standard InChI is InChI=1S/C16H24FNO/c1-19-10-2-3-14(12-18-16-8-9-16)11-13-4-6-15(17)7-5-13/h4-7,14,16,18H,2-3,8-12H2,1H3. The van der Waals surface area contributed by atoms with Crippen molar-refractivity contribution >= 4 is 0 Å². The van der Waals surface area contributed by atoms with Gasteiger partial charge in [-0.1, -0.05) is 12.1 Å². The van der Waals surface area contributed by atoms with E-state index in [1.807, 2.05) is 12.1 Å². The number of hydrogen-bond donors (Lipinski definition) is 1. The molecule has 0 bridgehead atoms. The van der Waals surface area contributed by atoms with Crippen molar-refractivity contribution in [1.82, 2.24) is 5.32 Å². The van der Waals surface area contributed by atoms with Gasteiger partial charge in [-0.2, -0.15) is 0 Å². The second-order valence-electron chi connectivity index (χ2n) is 5.51. The van der Waals surface area contributed by atoms with Crippen molar-refractivity contribution in [3.8, 4) is 0 Å². The van der Waals surface area contributed by atoms with Gasteiger partial charge in [-0.25, -0.2) is 4.39 Å². The van der Waals surface area contributed by atoms with E-state index in [0.717, 1.165) is 38.5 Å². The summed E-state index contributed by atoms with van der Waals surface area (Å²) in [6.07, 6.45) is 5.91. The summed E-state index contributed by atoms with van der Waals surface area (Å²) in [5.74, 6) is 0.456. The molecule has 3 heteroatoms. The van der Waals surface area contributed by atoms with Gasteiger partial charge in [0.2, 0.25) is 0 Å². The SMILES string of the molecule is COCCCC(CNC1CC1)Cc1ccc(F)cc1. The molecule has 1 aromatic carbocycles. The predicted octanol–water partition coefficient (Wildman–Crippen LogP) is 3.16. The average molecular weight is 265 g/mol. The fourth-order valence-electron chi connectivity index (χ4n) is 2.37. The Morgan fingerprint density at radius 1 is 1.32 bits per heavy atom. The third-order valence-corrected chi connectivity index (χ3v) is 3.67. The van der Waals surface area contributed by atoms with Crippen molar-refractivity contribution in [3.05, 3.63) is 35.6 Å². The molecular formula is C16H24FNO. The lowest BCUT2D eigenvalue weighted by molar-refractivity contribution is 0.186. The maximum atomic E-state index is 12.9. The molecule has 1 fully saturated rings. The molecule has 19 heavy (non-hydrogen) atoms. The van der Waals surface area contributed by atoms with Gasteiger partial charge in [0.15, 0.2) is 0 Å². The molecule has 1 N–H and O–H groups in total. The maximum absolute atomic E-state index is 12.9. The summed E-state index contributed by atoms with van der Waals surface area (Å²) in [6, 6.07) is 7.65. The molecule has 0 saturated heterocycles. The highest BCUT2D eigenvalue weighted by Gasteiger charge is 2.21. The van der Waals surface area contributed by atoms with Crippen molar-refractivity contribution in [3.63, 3.8) is 0 Å². The van der Waals surface area contributed by atoms with Crippen LogP contribution in [0.15, 0.2) is 24.3 Å². The number of hydrogen-bond acceptors (Lipinski definition) is 2. The Kier molecular flexibility index (Phi) is 5.80. The Balaban J connectivity index is 1.81. The quantitative estimate of drug-likeness (QED) is 0.692. The van der Waals surface area contributed by atoms with E-state index in [4.69, 9.17) is 4.74 Å². The molecule has 1 aliphatic rings. The van der Waals surface area contributed by atoms with Crippen LogP contribution in [0.4, 0.5) is 4.39 Å². The summed E-state index contributed by atoms with van der Waals surface area (Å²) in [7, 11) is 1.75. The minimum absolute atomic E-state index is 0.157. The van der Waals surface area contributed by atoms with Crippen LogP contribution in [-0.2, 0) is 11.2 Å². The summed E-state index contributed by atoms with van der Waals surface area (Å²) >= 11 is 0. The van der Waals surface area contributed by atoms with Crippen molar-refractivity contribution < 1.29 is 9.13 Å². The summed E-state index contributed by atoms with van der Waals surface area (Å²) < 4.78 is 18.0. The molecule has 0 heterocycles. The summed E-state index contributed by atoms with van der Waals surface area (Å²) in [6.45, 7) is 1.88. The van der Waals surface area contributed by atoms with Gasteiger partial charge < -0.3 is 10.1 Å². The van der Waals surface area contributed by atoms with Gasteiger partial charge >= 0.3 is 0 Å². The van der Waals surface area contributed by atoms with Crippen LogP contribution in [0.3, 0.4) is 0 Å². The van der Waals surface area contributed by atoms with Gasteiger partial charge in [0.25, 0.3) is 0 Å². The lowest BCUT2D eigenvalue weighted by Crippen LogP contribution is -2.26. The Bertz CT molecular complexity index is 362. The van der Waals surface area contributed by atoms with E-state index in [-0.39, 0.29) is 5.82 Å². The van der Waals surface area contributed by atoms with Crippen LogP contribution in [0.1, 0.15) is 31.2 Å². The van der Waals surface area contributed by atoms with Gasteiger partial charge in [-0.3, -0.25) is 0 Å². The molecule has 1 aliphatic carbocycles. The number of ether oxygens (including phenoxy) is 1. The zero-order valence-electron chi connectivity index (χ0n) is 11.7. The second-order valence-corrected chi connectivity index (χ2v) is 5.51. The first kappa shape index (κ1) is 14.5. The predicted molar refractivity (Wildman–Crippen MR) is 75.7 cm³/mol. The van der Waals surface area contributed by atoms with Gasteiger partial charge in [-0.05, 0) is 62.3 Å². The highest BCUT2D eigenvalue weighted by Crippen LogP contribution is 2.21. The molecule has 0 amide bonds. The molecule has 0 spiro atoms. The Hall–Kier alpha value is -0.930. The first-order valence-electron chi connectivity index (χ1n) is 7.24. The monoisotopic (exact) mass is 265 g/mol. The lowest BCUT2D eigenvalue weighted by atomic mass is 9.94. The maximum Gasteiger partial charge on any atom is 0.123 e. The summed E-state index contributed by atoms with van der Waals surface area (Å²) in [5.41, 5.74) is 1.22. The van der Waals surface area contributed by atoms with E-state index in [9.17, 15) is 4.39 Å². The molecule has 1 aromatic rings. The molecule has 0 aliphatic heterocycles. The van der Waals surface area contributed by atoms with Crippen molar-refractivity contribution in [2.24, 2.45) is 5.92 Å². The fourth-order valence-corrected chi connectivity index (χ4v) is 2.37. The van der Waals surface area contributed by atoms with Gasteiger partial charge in [-0.15, -0.1) is 0 Å². The van der Waals surface area contributed by atoms with E-state index in [1.165, 1.54) is 18.4 Å². The van der Waals surface area contributed by atoms with Crippen LogP contribution in [0.25, 0.3) is 0 Å².